The number of benzene rings is 1. The molecule has 150 valence electrons. The van der Waals surface area contributed by atoms with Gasteiger partial charge in [0, 0.05) is 5.41 Å². The molecule has 1 aliphatic heterocycles. The van der Waals surface area contributed by atoms with Crippen molar-refractivity contribution in [2.75, 3.05) is 19.8 Å². The van der Waals surface area contributed by atoms with Crippen LogP contribution < -0.4 is 0 Å². The van der Waals surface area contributed by atoms with Crippen LogP contribution in [0.4, 0.5) is 8.78 Å². The number of hydrogen-bond donors (Lipinski definition) is 1. The number of carbonyl (C=O) groups is 2. The number of halogens is 2. The maximum atomic E-state index is 13.5. The van der Waals surface area contributed by atoms with Gasteiger partial charge in [0.2, 0.25) is 0 Å². The van der Waals surface area contributed by atoms with E-state index in [0.717, 1.165) is 6.07 Å². The van der Waals surface area contributed by atoms with Gasteiger partial charge in [0.05, 0.1) is 24.3 Å². The first-order chi connectivity index (χ1) is 12.4. The van der Waals surface area contributed by atoms with Gasteiger partial charge in [-0.3, -0.25) is 4.55 Å². The lowest BCUT2D eigenvalue weighted by Crippen LogP contribution is -2.44. The third-order valence-electron chi connectivity index (χ3n) is 3.92. The molecular formula is C16H18F2O8S. The van der Waals surface area contributed by atoms with Crippen LogP contribution in [0.3, 0.4) is 0 Å². The van der Waals surface area contributed by atoms with Crippen molar-refractivity contribution >= 4 is 22.1 Å². The minimum Gasteiger partial charge on any atom is -0.461 e. The van der Waals surface area contributed by atoms with Crippen LogP contribution in [0, 0.1) is 5.41 Å². The van der Waals surface area contributed by atoms with E-state index in [1.54, 1.807) is 0 Å². The molecule has 11 heteroatoms. The number of rotatable bonds is 7. The second kappa shape index (κ2) is 7.49. The zero-order valence-corrected chi connectivity index (χ0v) is 15.3. The fourth-order valence-corrected chi connectivity index (χ4v) is 2.66. The topological polar surface area (TPSA) is 116 Å². The van der Waals surface area contributed by atoms with Gasteiger partial charge in [-0.1, -0.05) is 19.1 Å². The maximum Gasteiger partial charge on any atom is 0.405 e. The number of hydrogen-bond acceptors (Lipinski definition) is 7. The zero-order valence-electron chi connectivity index (χ0n) is 14.5. The highest BCUT2D eigenvalue weighted by Gasteiger charge is 2.52. The molecule has 1 heterocycles. The van der Waals surface area contributed by atoms with Gasteiger partial charge in [-0.2, -0.15) is 17.2 Å². The Morgan fingerprint density at radius 3 is 2.22 bits per heavy atom. The van der Waals surface area contributed by atoms with Gasteiger partial charge in [-0.25, -0.2) is 9.59 Å². The normalized spacial score (nSPS) is 17.5. The van der Waals surface area contributed by atoms with Crippen molar-refractivity contribution in [3.05, 3.63) is 35.4 Å². The number of alkyl halides is 2. The number of esters is 2. The minimum absolute atomic E-state index is 0.0342. The molecule has 1 atom stereocenters. The van der Waals surface area contributed by atoms with E-state index in [4.69, 9.17) is 14.0 Å². The zero-order chi connectivity index (χ0) is 20.5. The average molecular weight is 408 g/mol. The van der Waals surface area contributed by atoms with E-state index in [2.05, 4.69) is 4.74 Å². The second-order valence-corrected chi connectivity index (χ2v) is 8.00. The first-order valence-corrected chi connectivity index (χ1v) is 9.21. The lowest BCUT2D eigenvalue weighted by atomic mass is 9.90. The van der Waals surface area contributed by atoms with E-state index in [1.807, 2.05) is 6.92 Å². The molecule has 0 bridgehead atoms. The Morgan fingerprint density at radius 1 is 1.26 bits per heavy atom. The van der Waals surface area contributed by atoms with Crippen LogP contribution in [0.1, 0.15) is 34.6 Å². The molecule has 1 unspecified atom stereocenters. The molecule has 1 aromatic rings. The number of ether oxygens (including phenoxy) is 3. The third-order valence-corrected chi connectivity index (χ3v) is 4.94. The summed E-state index contributed by atoms with van der Waals surface area (Å²) in [5, 5.41) is -4.71. The molecule has 1 aliphatic rings. The van der Waals surface area contributed by atoms with Crippen molar-refractivity contribution in [2.24, 2.45) is 5.41 Å². The van der Waals surface area contributed by atoms with Crippen molar-refractivity contribution in [3.63, 3.8) is 0 Å². The van der Waals surface area contributed by atoms with Crippen LogP contribution >= 0.6 is 0 Å². The van der Waals surface area contributed by atoms with Crippen molar-refractivity contribution in [3.8, 4) is 0 Å². The molecule has 1 N–H and O–H groups in total. The van der Waals surface area contributed by atoms with Crippen LogP contribution in [0.25, 0.3) is 0 Å². The molecule has 0 radical (unpaired) electrons. The van der Waals surface area contributed by atoms with E-state index in [-0.39, 0.29) is 23.1 Å². The largest absolute Gasteiger partial charge is 0.461 e. The Bertz CT molecular complexity index is 833. The summed E-state index contributed by atoms with van der Waals surface area (Å²) in [6, 6.07) is 5.17. The maximum absolute atomic E-state index is 13.5. The highest BCUT2D eigenvalue weighted by atomic mass is 32.2. The van der Waals surface area contributed by atoms with Gasteiger partial charge in [0.25, 0.3) is 0 Å². The summed E-state index contributed by atoms with van der Waals surface area (Å²) >= 11 is 0. The van der Waals surface area contributed by atoms with Crippen LogP contribution in [0.5, 0.6) is 0 Å². The molecule has 8 nitrogen and oxygen atoms in total. The number of carbonyl (C=O) groups excluding carboxylic acids is 2. The van der Waals surface area contributed by atoms with Gasteiger partial charge in [0.15, 0.2) is 6.10 Å². The molecule has 1 fully saturated rings. The highest BCUT2D eigenvalue weighted by Crippen LogP contribution is 2.29. The van der Waals surface area contributed by atoms with Gasteiger partial charge in [0.1, 0.15) is 6.61 Å². The van der Waals surface area contributed by atoms with Crippen molar-refractivity contribution < 1.29 is 45.6 Å². The fourth-order valence-electron chi connectivity index (χ4n) is 2.19. The van der Waals surface area contributed by atoms with E-state index in [1.165, 1.54) is 18.2 Å². The third kappa shape index (κ3) is 4.60. The van der Waals surface area contributed by atoms with Gasteiger partial charge >= 0.3 is 27.3 Å². The fraction of sp³-hybridized carbons (Fsp3) is 0.500. The molecular weight excluding hydrogens is 390 g/mol. The SMILES string of the molecule is CC(OC(=O)c1ccccc1C(=O)OCC1(C)COC1)C(F)(F)S(=O)(=O)O. The molecule has 0 aliphatic carbocycles. The van der Waals surface area contributed by atoms with Crippen molar-refractivity contribution in [2.45, 2.75) is 25.2 Å². The highest BCUT2D eigenvalue weighted by molar-refractivity contribution is 7.86. The molecule has 0 aromatic heterocycles. The van der Waals surface area contributed by atoms with Gasteiger partial charge in [-0.05, 0) is 19.1 Å². The van der Waals surface area contributed by atoms with Gasteiger partial charge in [-0.15, -0.1) is 0 Å². The molecule has 2 rings (SSSR count). The van der Waals surface area contributed by atoms with Crippen molar-refractivity contribution in [1.29, 1.82) is 0 Å². The Labute approximate surface area is 154 Å². The van der Waals surface area contributed by atoms with Crippen LogP contribution in [0.15, 0.2) is 24.3 Å². The summed E-state index contributed by atoms with van der Waals surface area (Å²) in [4.78, 5) is 24.4. The minimum atomic E-state index is -5.79. The first-order valence-electron chi connectivity index (χ1n) is 7.77. The molecule has 27 heavy (non-hydrogen) atoms. The molecule has 0 amide bonds. The smallest absolute Gasteiger partial charge is 0.405 e. The Balaban J connectivity index is 2.14. The standard InChI is InChI=1S/C16H18F2O8S/c1-10(16(17,18)27(21,22)23)26-14(20)12-6-4-3-5-11(12)13(19)25-9-15(2)7-24-8-15/h3-6,10H,7-9H2,1-2H3,(H,21,22,23). The summed E-state index contributed by atoms with van der Waals surface area (Å²) in [6.07, 6.45) is -2.49. The average Bonchev–Trinajstić information content (AvgIpc) is 2.56. The van der Waals surface area contributed by atoms with E-state index >= 15 is 0 Å². The van der Waals surface area contributed by atoms with E-state index < -0.39 is 33.4 Å². The lowest BCUT2D eigenvalue weighted by molar-refractivity contribution is -0.127. The van der Waals surface area contributed by atoms with E-state index in [0.29, 0.717) is 20.1 Å². The molecule has 1 aromatic carbocycles. The van der Waals surface area contributed by atoms with E-state index in [9.17, 15) is 26.8 Å². The Kier molecular flexibility index (Phi) is 5.88. The molecule has 0 saturated carbocycles. The first kappa shape index (κ1) is 21.2. The Morgan fingerprint density at radius 2 is 1.78 bits per heavy atom. The summed E-state index contributed by atoms with van der Waals surface area (Å²) in [5.41, 5.74) is -0.943. The summed E-state index contributed by atoms with van der Waals surface area (Å²) in [6.45, 7) is 3.29. The summed E-state index contributed by atoms with van der Waals surface area (Å²) < 4.78 is 71.7. The van der Waals surface area contributed by atoms with Crippen LogP contribution in [-0.4, -0.2) is 56.1 Å². The van der Waals surface area contributed by atoms with Gasteiger partial charge < -0.3 is 14.2 Å². The lowest BCUT2D eigenvalue weighted by Gasteiger charge is -2.37. The molecule has 0 spiro atoms. The van der Waals surface area contributed by atoms with Crippen LogP contribution in [-0.2, 0) is 24.3 Å². The molecule has 1 saturated heterocycles. The van der Waals surface area contributed by atoms with Crippen LogP contribution in [0.2, 0.25) is 0 Å². The van der Waals surface area contributed by atoms with Crippen molar-refractivity contribution in [1.82, 2.24) is 0 Å². The quantitative estimate of drug-likeness (QED) is 0.537. The summed E-state index contributed by atoms with van der Waals surface area (Å²) in [5.74, 6) is -2.23. The predicted octanol–water partition coefficient (Wildman–Crippen LogP) is 1.91. The summed E-state index contributed by atoms with van der Waals surface area (Å²) in [7, 11) is -5.79. The monoisotopic (exact) mass is 408 g/mol. The Hall–Kier alpha value is -2.11. The second-order valence-electron chi connectivity index (χ2n) is 6.51. The predicted molar refractivity (Wildman–Crippen MR) is 87.0 cm³/mol.